The third-order valence-electron chi connectivity index (χ3n) is 11.7. The van der Waals surface area contributed by atoms with Gasteiger partial charge in [-0.25, -0.2) is 4.99 Å². The first-order valence-corrected chi connectivity index (χ1v) is 19.6. The number of carbonyl (C=O) groups excluding carboxylic acids is 4. The van der Waals surface area contributed by atoms with E-state index in [4.69, 9.17) is 21.7 Å². The highest BCUT2D eigenvalue weighted by molar-refractivity contribution is 6.33. The summed E-state index contributed by atoms with van der Waals surface area (Å²) in [6.07, 6.45) is 4.78. The number of anilines is 5. The van der Waals surface area contributed by atoms with Gasteiger partial charge in [0, 0.05) is 63.8 Å². The summed E-state index contributed by atoms with van der Waals surface area (Å²) >= 11 is 6.47. The molecule has 4 aromatic rings. The van der Waals surface area contributed by atoms with Crippen LogP contribution in [0.25, 0.3) is 0 Å². The van der Waals surface area contributed by atoms with Crippen molar-refractivity contribution < 1.29 is 19.2 Å². The largest absolute Gasteiger partial charge is 0.371 e. The van der Waals surface area contributed by atoms with E-state index in [0.717, 1.165) is 90.9 Å². The van der Waals surface area contributed by atoms with Crippen LogP contribution in [0.5, 0.6) is 0 Å². The number of nitrogens with one attached hydrogen (secondary N) is 4. The monoisotopic (exact) mass is 774 g/mol. The number of piperidine rings is 2. The highest BCUT2D eigenvalue weighted by atomic mass is 35.5. The smallest absolute Gasteiger partial charge is 0.262 e. The second-order valence-corrected chi connectivity index (χ2v) is 15.7. The summed E-state index contributed by atoms with van der Waals surface area (Å²) in [6.45, 7) is 6.64. The van der Waals surface area contributed by atoms with Crippen LogP contribution in [0.15, 0.2) is 59.6 Å². The van der Waals surface area contributed by atoms with Crippen LogP contribution in [-0.4, -0.2) is 87.9 Å². The number of aromatic nitrogens is 2. The van der Waals surface area contributed by atoms with Crippen molar-refractivity contribution in [3.05, 3.63) is 93.0 Å². The maximum atomic E-state index is 13.4. The number of hydrogen-bond donors (Lipinski definition) is 4. The van der Waals surface area contributed by atoms with E-state index in [9.17, 15) is 19.2 Å². The molecule has 0 aliphatic carbocycles. The zero-order valence-corrected chi connectivity index (χ0v) is 32.0. The first-order valence-electron chi connectivity index (χ1n) is 19.2. The second kappa shape index (κ2) is 14.4. The van der Waals surface area contributed by atoms with Crippen LogP contribution in [0.4, 0.5) is 28.7 Å². The molecule has 2 atom stereocenters. The number of aliphatic imine (C=N–C) groups is 1. The van der Waals surface area contributed by atoms with Crippen molar-refractivity contribution in [3.63, 3.8) is 0 Å². The van der Waals surface area contributed by atoms with E-state index in [2.05, 4.69) is 49.3 Å². The quantitative estimate of drug-likeness (QED) is 0.179. The van der Waals surface area contributed by atoms with Crippen molar-refractivity contribution in [1.29, 1.82) is 0 Å². The Balaban J connectivity index is 0.792. The number of para-hydroxylation sites is 1. The number of benzene rings is 3. The molecule has 2 fully saturated rings. The number of carbonyl (C=O) groups is 4. The standard InChI is InChI=1S/C41H43ClN10O4/c1-23-4-3-5-32(42)35(23)46-36-31-20-43-41(47-37(31)49(2)48-36)44-27-7-6-25-14-15-50(22-26(25)18-27)21-24-12-16-51(17-13-24)28-8-9-29-30(19-28)40(56)52(39(29)55)33-10-11-34(53)45-38(33)54/h3-9,18-20,24,33,41,44,47H,10-17,21-22H2,1-2H3,(H,46,48)(H,45,53,54). The minimum atomic E-state index is -0.967. The fourth-order valence-corrected chi connectivity index (χ4v) is 8.91. The van der Waals surface area contributed by atoms with E-state index in [-0.39, 0.29) is 25.0 Å². The molecular weight excluding hydrogens is 732 g/mol. The fraction of sp³-hybridized carbons (Fsp3) is 0.366. The van der Waals surface area contributed by atoms with Gasteiger partial charge in [0.15, 0.2) is 12.1 Å². The van der Waals surface area contributed by atoms with Crippen molar-refractivity contribution in [2.24, 2.45) is 18.0 Å². The van der Waals surface area contributed by atoms with Gasteiger partial charge in [0.2, 0.25) is 11.8 Å². The van der Waals surface area contributed by atoms with Crippen LogP contribution in [0, 0.1) is 12.8 Å². The highest BCUT2D eigenvalue weighted by Gasteiger charge is 2.45. The molecule has 9 rings (SSSR count). The predicted molar refractivity (Wildman–Crippen MR) is 215 cm³/mol. The number of fused-ring (bicyclic) bond motifs is 3. The molecule has 2 unspecified atom stereocenters. The van der Waals surface area contributed by atoms with Gasteiger partial charge < -0.3 is 20.9 Å². The molecule has 56 heavy (non-hydrogen) atoms. The average Bonchev–Trinajstić information content (AvgIpc) is 3.63. The molecule has 2 saturated heterocycles. The average molecular weight is 775 g/mol. The maximum Gasteiger partial charge on any atom is 0.262 e. The SMILES string of the molecule is Cc1cccc(Cl)c1Nc1nn(C)c2c1C=NC(Nc1ccc3c(c1)CN(CC1CCN(c4ccc5c(c4)C(=O)N(C4CCC(=O)NC4=O)C5=O)CC1)CC3)N2. The molecule has 14 nitrogen and oxygen atoms in total. The molecule has 0 saturated carbocycles. The van der Waals surface area contributed by atoms with Crippen LogP contribution in [0.1, 0.15) is 68.7 Å². The third-order valence-corrected chi connectivity index (χ3v) is 12.0. The zero-order chi connectivity index (χ0) is 38.7. The Bertz CT molecular complexity index is 2290. The lowest BCUT2D eigenvalue weighted by molar-refractivity contribution is -0.136. The van der Waals surface area contributed by atoms with Gasteiger partial charge in [-0.3, -0.25) is 39.0 Å². The molecule has 1 aromatic heterocycles. The predicted octanol–water partition coefficient (Wildman–Crippen LogP) is 5.04. The molecule has 15 heteroatoms. The number of rotatable bonds is 8. The van der Waals surface area contributed by atoms with Gasteiger partial charge in [-0.05, 0) is 91.6 Å². The first-order chi connectivity index (χ1) is 27.1. The van der Waals surface area contributed by atoms with Crippen molar-refractivity contribution in [2.45, 2.75) is 57.9 Å². The Morgan fingerprint density at radius 3 is 2.54 bits per heavy atom. The highest BCUT2D eigenvalue weighted by Crippen LogP contribution is 2.35. The number of hydrogen-bond acceptors (Lipinski definition) is 11. The lowest BCUT2D eigenvalue weighted by Crippen LogP contribution is -2.54. The van der Waals surface area contributed by atoms with E-state index < -0.39 is 23.8 Å². The van der Waals surface area contributed by atoms with E-state index in [1.54, 1.807) is 12.1 Å². The molecule has 0 spiro atoms. The van der Waals surface area contributed by atoms with Crippen molar-refractivity contribution in [3.8, 4) is 0 Å². The molecule has 5 aliphatic rings. The Hall–Kier alpha value is -5.73. The number of aryl methyl sites for hydroxylation is 2. The van der Waals surface area contributed by atoms with E-state index in [0.29, 0.717) is 27.9 Å². The lowest BCUT2D eigenvalue weighted by atomic mass is 9.93. The van der Waals surface area contributed by atoms with Crippen LogP contribution in [0.3, 0.4) is 0 Å². The number of imide groups is 2. The van der Waals surface area contributed by atoms with E-state index >= 15 is 0 Å². The van der Waals surface area contributed by atoms with Crippen LogP contribution in [0.2, 0.25) is 5.02 Å². The number of nitrogens with zero attached hydrogens (tertiary/aromatic N) is 6. The summed E-state index contributed by atoms with van der Waals surface area (Å²) < 4.78 is 1.81. The molecule has 0 bridgehead atoms. The van der Waals surface area contributed by atoms with Gasteiger partial charge in [-0.15, -0.1) is 0 Å². The molecule has 4 N–H and O–H groups in total. The van der Waals surface area contributed by atoms with Gasteiger partial charge >= 0.3 is 0 Å². The zero-order valence-electron chi connectivity index (χ0n) is 31.3. The minimum Gasteiger partial charge on any atom is -0.371 e. The van der Waals surface area contributed by atoms with Crippen LogP contribution < -0.4 is 26.2 Å². The normalized spacial score (nSPS) is 21.1. The molecule has 4 amide bonds. The summed E-state index contributed by atoms with van der Waals surface area (Å²) in [7, 11) is 1.91. The fourth-order valence-electron chi connectivity index (χ4n) is 8.64. The molecular formula is C41H43ClN10O4. The topological polar surface area (TPSA) is 156 Å². The molecule has 0 radical (unpaired) electrons. The lowest BCUT2D eigenvalue weighted by Gasteiger charge is -2.37. The van der Waals surface area contributed by atoms with Gasteiger partial charge in [-0.2, -0.15) is 5.10 Å². The maximum absolute atomic E-state index is 13.4. The Morgan fingerprint density at radius 2 is 1.73 bits per heavy atom. The molecule has 288 valence electrons. The number of amides is 4. The van der Waals surface area contributed by atoms with Gasteiger partial charge in [-0.1, -0.05) is 29.8 Å². The number of halogens is 1. The van der Waals surface area contributed by atoms with Crippen molar-refractivity contribution >= 4 is 70.1 Å². The van der Waals surface area contributed by atoms with E-state index in [1.807, 2.05) is 49.1 Å². The summed E-state index contributed by atoms with van der Waals surface area (Å²) in [6, 6.07) is 16.8. The second-order valence-electron chi connectivity index (χ2n) is 15.3. The van der Waals surface area contributed by atoms with Crippen LogP contribution in [-0.2, 0) is 29.6 Å². The minimum absolute atomic E-state index is 0.0975. The van der Waals surface area contributed by atoms with Gasteiger partial charge in [0.25, 0.3) is 11.8 Å². The summed E-state index contributed by atoms with van der Waals surface area (Å²) in [5, 5.41) is 18.0. The summed E-state index contributed by atoms with van der Waals surface area (Å²) in [5.41, 5.74) is 7.95. The van der Waals surface area contributed by atoms with Gasteiger partial charge in [0.1, 0.15) is 11.9 Å². The molecule has 3 aromatic carbocycles. The van der Waals surface area contributed by atoms with E-state index in [1.165, 1.54) is 11.1 Å². The Morgan fingerprint density at radius 1 is 0.911 bits per heavy atom. The Labute approximate surface area is 329 Å². The summed E-state index contributed by atoms with van der Waals surface area (Å²) in [4.78, 5) is 61.3. The molecule has 6 heterocycles. The van der Waals surface area contributed by atoms with Crippen molar-refractivity contribution in [2.75, 3.05) is 47.0 Å². The third kappa shape index (κ3) is 6.66. The van der Waals surface area contributed by atoms with Gasteiger partial charge in [0.05, 0.1) is 27.4 Å². The molecule has 5 aliphatic heterocycles. The first kappa shape index (κ1) is 35.9. The van der Waals surface area contributed by atoms with Crippen LogP contribution >= 0.6 is 11.6 Å². The summed E-state index contributed by atoms with van der Waals surface area (Å²) in [5.74, 6) is 0.147. The Kier molecular flexibility index (Phi) is 9.25. The van der Waals surface area contributed by atoms with Crippen molar-refractivity contribution in [1.82, 2.24) is 24.9 Å².